The molecule has 0 aliphatic carbocycles. The molecule has 0 radical (unpaired) electrons. The van der Waals surface area contributed by atoms with E-state index in [2.05, 4.69) is 20.1 Å². The summed E-state index contributed by atoms with van der Waals surface area (Å²) in [4.78, 5) is 13.3. The summed E-state index contributed by atoms with van der Waals surface area (Å²) in [7, 11) is 3.06. The van der Waals surface area contributed by atoms with Gasteiger partial charge in [0.05, 0.1) is 25.3 Å². The van der Waals surface area contributed by atoms with E-state index in [0.29, 0.717) is 34.5 Å². The van der Waals surface area contributed by atoms with Crippen molar-refractivity contribution in [2.24, 2.45) is 0 Å². The first-order valence-electron chi connectivity index (χ1n) is 6.75. The molecule has 0 saturated carbocycles. The first-order valence-corrected chi connectivity index (χ1v) is 6.75. The van der Waals surface area contributed by atoms with Crippen LogP contribution >= 0.6 is 0 Å². The van der Waals surface area contributed by atoms with Crippen molar-refractivity contribution < 1.29 is 14.0 Å². The lowest BCUT2D eigenvalue weighted by molar-refractivity contribution is 0.334. The van der Waals surface area contributed by atoms with Crippen LogP contribution in [0.1, 0.15) is 17.0 Å². The minimum atomic E-state index is 0.319. The second-order valence-electron chi connectivity index (χ2n) is 4.94. The summed E-state index contributed by atoms with van der Waals surface area (Å²) in [5, 5.41) is 4.01. The van der Waals surface area contributed by atoms with E-state index in [0.717, 1.165) is 16.7 Å². The molecule has 3 aromatic rings. The minimum Gasteiger partial charge on any atom is -0.477 e. The van der Waals surface area contributed by atoms with Gasteiger partial charge < -0.3 is 14.0 Å². The first-order chi connectivity index (χ1) is 10.5. The van der Waals surface area contributed by atoms with Crippen LogP contribution in [0.5, 0.6) is 11.8 Å². The fraction of sp³-hybridized carbons (Fsp3) is 0.333. The fourth-order valence-electron chi connectivity index (χ4n) is 2.33. The molecule has 0 aliphatic heterocycles. The van der Waals surface area contributed by atoms with Gasteiger partial charge in [0.25, 0.3) is 11.8 Å². The number of rotatable bonds is 3. The third-order valence-corrected chi connectivity index (χ3v) is 3.56. The van der Waals surface area contributed by atoms with Crippen LogP contribution in [0.25, 0.3) is 22.4 Å². The van der Waals surface area contributed by atoms with Gasteiger partial charge in [-0.3, -0.25) is 0 Å². The number of fused-ring (bicyclic) bond motifs is 1. The molecule has 0 amide bonds. The van der Waals surface area contributed by atoms with Crippen molar-refractivity contribution in [3.8, 4) is 23.1 Å². The maximum absolute atomic E-state index is 5.25. The molecule has 0 saturated heterocycles. The van der Waals surface area contributed by atoms with Gasteiger partial charge in [-0.25, -0.2) is 9.97 Å². The molecule has 0 spiro atoms. The van der Waals surface area contributed by atoms with E-state index in [1.54, 1.807) is 6.92 Å². The van der Waals surface area contributed by atoms with Crippen molar-refractivity contribution >= 4 is 11.0 Å². The maximum atomic E-state index is 5.25. The minimum absolute atomic E-state index is 0.319. The van der Waals surface area contributed by atoms with Crippen molar-refractivity contribution in [2.75, 3.05) is 14.2 Å². The molecule has 0 N–H and O–H groups in total. The average Bonchev–Trinajstić information content (AvgIpc) is 2.93. The fourth-order valence-corrected chi connectivity index (χ4v) is 2.33. The van der Waals surface area contributed by atoms with Gasteiger partial charge in [-0.05, 0) is 31.0 Å². The lowest BCUT2D eigenvalue weighted by Crippen LogP contribution is -2.01. The van der Waals surface area contributed by atoms with Crippen molar-refractivity contribution in [1.82, 2.24) is 20.1 Å². The molecule has 0 unspecified atom stereocenters. The van der Waals surface area contributed by atoms with Crippen LogP contribution in [-0.2, 0) is 0 Å². The van der Waals surface area contributed by atoms with E-state index in [9.17, 15) is 0 Å². The number of benzene rings is 1. The number of hydrogen-bond acceptors (Lipinski definition) is 7. The number of aryl methyl sites for hydroxylation is 2. The van der Waals surface area contributed by atoms with Crippen LogP contribution in [0.2, 0.25) is 0 Å². The van der Waals surface area contributed by atoms with Crippen LogP contribution in [0, 0.1) is 20.8 Å². The zero-order valence-corrected chi connectivity index (χ0v) is 13.1. The van der Waals surface area contributed by atoms with Crippen LogP contribution < -0.4 is 9.47 Å². The summed E-state index contributed by atoms with van der Waals surface area (Å²) in [6.45, 7) is 5.75. The molecular formula is C15H16N4O3. The Balaban J connectivity index is 2.40. The molecule has 1 aromatic carbocycles. The van der Waals surface area contributed by atoms with Gasteiger partial charge in [0.1, 0.15) is 5.52 Å². The molecular weight excluding hydrogens is 284 g/mol. The van der Waals surface area contributed by atoms with E-state index in [1.165, 1.54) is 14.2 Å². The van der Waals surface area contributed by atoms with Crippen LogP contribution in [0.15, 0.2) is 10.6 Å². The zero-order chi connectivity index (χ0) is 15.9. The normalized spacial score (nSPS) is 11.0. The topological polar surface area (TPSA) is 83.2 Å². The molecule has 0 fully saturated rings. The van der Waals surface area contributed by atoms with E-state index < -0.39 is 0 Å². The molecule has 7 nitrogen and oxygen atoms in total. The SMILES string of the molecule is COc1nc2cc(C)c(C)c(-c3noc(C)n3)c2nc1OC. The highest BCUT2D eigenvalue weighted by atomic mass is 16.5. The second-order valence-corrected chi connectivity index (χ2v) is 4.94. The molecule has 2 heterocycles. The Morgan fingerprint density at radius 1 is 0.955 bits per heavy atom. The Morgan fingerprint density at radius 3 is 2.23 bits per heavy atom. The summed E-state index contributed by atoms with van der Waals surface area (Å²) < 4.78 is 15.6. The summed E-state index contributed by atoms with van der Waals surface area (Å²) in [5.41, 5.74) is 4.22. The van der Waals surface area contributed by atoms with Gasteiger partial charge in [-0.1, -0.05) is 5.16 Å². The Kier molecular flexibility index (Phi) is 3.40. The Morgan fingerprint density at radius 2 is 1.64 bits per heavy atom. The van der Waals surface area contributed by atoms with E-state index in [1.807, 2.05) is 19.9 Å². The number of hydrogen-bond donors (Lipinski definition) is 0. The third kappa shape index (κ3) is 2.14. The summed E-state index contributed by atoms with van der Waals surface area (Å²) in [6.07, 6.45) is 0. The molecule has 0 bridgehead atoms. The van der Waals surface area contributed by atoms with Crippen LogP contribution in [-0.4, -0.2) is 34.3 Å². The highest BCUT2D eigenvalue weighted by molar-refractivity contribution is 5.93. The number of methoxy groups -OCH3 is 2. The molecule has 0 aliphatic rings. The van der Waals surface area contributed by atoms with Gasteiger partial charge in [0.2, 0.25) is 11.7 Å². The van der Waals surface area contributed by atoms with E-state index in [4.69, 9.17) is 14.0 Å². The number of nitrogens with zero attached hydrogens (tertiary/aromatic N) is 4. The standard InChI is InChI=1S/C15H16N4O3/c1-7-6-10-12(18-15(21-5)14(17-10)20-4)11(8(7)2)13-16-9(3)22-19-13/h6H,1-5H3. The average molecular weight is 300 g/mol. The second kappa shape index (κ2) is 5.25. The predicted octanol–water partition coefficient (Wildman–Crippen LogP) is 2.62. The zero-order valence-electron chi connectivity index (χ0n) is 13.1. The van der Waals surface area contributed by atoms with Gasteiger partial charge in [0.15, 0.2) is 0 Å². The highest BCUT2D eigenvalue weighted by Crippen LogP contribution is 2.34. The van der Waals surface area contributed by atoms with Gasteiger partial charge in [-0.2, -0.15) is 4.98 Å². The lowest BCUT2D eigenvalue weighted by Gasteiger charge is -2.12. The Hall–Kier alpha value is -2.70. The smallest absolute Gasteiger partial charge is 0.278 e. The monoisotopic (exact) mass is 300 g/mol. The first kappa shape index (κ1) is 14.2. The van der Waals surface area contributed by atoms with Crippen molar-refractivity contribution in [3.05, 3.63) is 23.1 Å². The van der Waals surface area contributed by atoms with E-state index in [-0.39, 0.29) is 0 Å². The summed E-state index contributed by atoms with van der Waals surface area (Å²) >= 11 is 0. The van der Waals surface area contributed by atoms with Gasteiger partial charge in [-0.15, -0.1) is 0 Å². The maximum Gasteiger partial charge on any atom is 0.278 e. The summed E-state index contributed by atoms with van der Waals surface area (Å²) in [5.74, 6) is 1.65. The molecule has 114 valence electrons. The van der Waals surface area contributed by atoms with Gasteiger partial charge in [0, 0.05) is 6.92 Å². The molecule has 22 heavy (non-hydrogen) atoms. The molecule has 3 rings (SSSR count). The Bertz CT molecular complexity index is 858. The Labute approximate surface area is 127 Å². The van der Waals surface area contributed by atoms with Crippen molar-refractivity contribution in [1.29, 1.82) is 0 Å². The summed E-state index contributed by atoms with van der Waals surface area (Å²) in [6, 6.07) is 1.95. The molecule has 7 heteroatoms. The van der Waals surface area contributed by atoms with Crippen molar-refractivity contribution in [2.45, 2.75) is 20.8 Å². The van der Waals surface area contributed by atoms with Crippen molar-refractivity contribution in [3.63, 3.8) is 0 Å². The lowest BCUT2D eigenvalue weighted by atomic mass is 10.0. The third-order valence-electron chi connectivity index (χ3n) is 3.56. The molecule has 2 aromatic heterocycles. The van der Waals surface area contributed by atoms with Gasteiger partial charge >= 0.3 is 0 Å². The predicted molar refractivity (Wildman–Crippen MR) is 80.1 cm³/mol. The highest BCUT2D eigenvalue weighted by Gasteiger charge is 2.19. The largest absolute Gasteiger partial charge is 0.477 e. The van der Waals surface area contributed by atoms with Crippen LogP contribution in [0.4, 0.5) is 0 Å². The van der Waals surface area contributed by atoms with E-state index >= 15 is 0 Å². The number of ether oxygens (including phenoxy) is 2. The quantitative estimate of drug-likeness (QED) is 0.735. The van der Waals surface area contributed by atoms with Crippen LogP contribution in [0.3, 0.4) is 0 Å². The number of aromatic nitrogens is 4. The molecule has 0 atom stereocenters.